The van der Waals surface area contributed by atoms with E-state index < -0.39 is 17.6 Å². The Kier molecular flexibility index (Phi) is 7.32. The normalized spacial score (nSPS) is 11.2. The molecule has 0 bridgehead atoms. The third-order valence-electron chi connectivity index (χ3n) is 4.63. The van der Waals surface area contributed by atoms with E-state index in [1.165, 1.54) is 5.01 Å². The second-order valence-electron chi connectivity index (χ2n) is 8.60. The Morgan fingerprint density at radius 2 is 1.82 bits per heavy atom. The predicted molar refractivity (Wildman–Crippen MR) is 124 cm³/mol. The number of benzene rings is 1. The quantitative estimate of drug-likeness (QED) is 0.493. The summed E-state index contributed by atoms with van der Waals surface area (Å²) in [4.78, 5) is 44.5. The molecule has 2 heterocycles. The lowest BCUT2D eigenvalue weighted by molar-refractivity contribution is 0.0133. The molecule has 0 spiro atoms. The van der Waals surface area contributed by atoms with Gasteiger partial charge in [-0.05, 0) is 57.0 Å². The minimum absolute atomic E-state index is 0.236. The minimum atomic E-state index is -0.663. The largest absolute Gasteiger partial charge is 0.442 e. The lowest BCUT2D eigenvalue weighted by atomic mass is 10.1. The summed E-state index contributed by atoms with van der Waals surface area (Å²) in [6.45, 7) is 7.83. The van der Waals surface area contributed by atoms with Crippen molar-refractivity contribution < 1.29 is 19.1 Å². The summed E-state index contributed by atoms with van der Waals surface area (Å²) in [5.74, 6) is -0.655. The fraction of sp³-hybridized carbons (Fsp3) is 0.333. The van der Waals surface area contributed by atoms with Crippen LogP contribution < -0.4 is 10.7 Å². The number of carbonyl (C=O) groups is 3. The van der Waals surface area contributed by atoms with Gasteiger partial charge >= 0.3 is 6.09 Å². The predicted octanol–water partition coefficient (Wildman–Crippen LogP) is 3.78. The molecule has 0 aliphatic heterocycles. The van der Waals surface area contributed by atoms with E-state index in [1.54, 1.807) is 69.6 Å². The molecule has 0 aliphatic rings. The maximum atomic E-state index is 12.6. The van der Waals surface area contributed by atoms with Gasteiger partial charge in [-0.2, -0.15) is 0 Å². The van der Waals surface area contributed by atoms with Crippen molar-refractivity contribution in [3.05, 3.63) is 65.6 Å². The first kappa shape index (κ1) is 23.8. The number of hydrogen-bond acceptors (Lipinski definition) is 5. The Balaban J connectivity index is 1.57. The number of H-pyrrole nitrogens is 1. The SMILES string of the molecule is CCCN(NC(=O)c1ccc(CNC(=O)c2cc3cnccc3[nH]2)cc1)C(=O)OC(C)(C)C. The van der Waals surface area contributed by atoms with Crippen LogP contribution in [0, 0.1) is 0 Å². The lowest BCUT2D eigenvalue weighted by Crippen LogP contribution is -2.48. The van der Waals surface area contributed by atoms with Gasteiger partial charge in [-0.3, -0.25) is 20.0 Å². The first-order valence-electron chi connectivity index (χ1n) is 10.8. The van der Waals surface area contributed by atoms with Gasteiger partial charge in [-0.15, -0.1) is 0 Å². The maximum Gasteiger partial charge on any atom is 0.429 e. The Labute approximate surface area is 192 Å². The molecule has 9 nitrogen and oxygen atoms in total. The number of hydrazine groups is 1. The van der Waals surface area contributed by atoms with Crippen molar-refractivity contribution in [3.63, 3.8) is 0 Å². The van der Waals surface area contributed by atoms with Crippen molar-refractivity contribution >= 4 is 28.8 Å². The summed E-state index contributed by atoms with van der Waals surface area (Å²) in [5.41, 5.74) is 4.45. The first-order valence-corrected chi connectivity index (χ1v) is 10.8. The number of rotatable bonds is 6. The van der Waals surface area contributed by atoms with Gasteiger partial charge in [0, 0.05) is 41.9 Å². The van der Waals surface area contributed by atoms with E-state index in [-0.39, 0.29) is 5.91 Å². The summed E-state index contributed by atoms with van der Waals surface area (Å²) >= 11 is 0. The van der Waals surface area contributed by atoms with Gasteiger partial charge in [-0.1, -0.05) is 19.1 Å². The molecule has 1 aromatic carbocycles. The van der Waals surface area contributed by atoms with Crippen LogP contribution in [0.4, 0.5) is 4.79 Å². The topological polar surface area (TPSA) is 116 Å². The van der Waals surface area contributed by atoms with Crippen LogP contribution >= 0.6 is 0 Å². The van der Waals surface area contributed by atoms with Gasteiger partial charge in [-0.25, -0.2) is 9.80 Å². The van der Waals surface area contributed by atoms with Crippen LogP contribution in [-0.4, -0.2) is 45.0 Å². The van der Waals surface area contributed by atoms with Gasteiger partial charge in [0.05, 0.1) is 0 Å². The summed E-state index contributed by atoms with van der Waals surface area (Å²) in [7, 11) is 0. The van der Waals surface area contributed by atoms with E-state index in [4.69, 9.17) is 4.74 Å². The average molecular weight is 452 g/mol. The third-order valence-corrected chi connectivity index (χ3v) is 4.63. The molecule has 33 heavy (non-hydrogen) atoms. The molecule has 0 saturated carbocycles. The number of ether oxygens (including phenoxy) is 1. The number of aromatic amines is 1. The van der Waals surface area contributed by atoms with Crippen LogP contribution in [0.15, 0.2) is 48.8 Å². The monoisotopic (exact) mass is 451 g/mol. The maximum absolute atomic E-state index is 12.6. The molecule has 0 atom stereocenters. The second kappa shape index (κ2) is 10.2. The molecule has 2 aromatic heterocycles. The van der Waals surface area contributed by atoms with Gasteiger partial charge in [0.15, 0.2) is 0 Å². The van der Waals surface area contributed by atoms with E-state index in [9.17, 15) is 14.4 Å². The molecular weight excluding hydrogens is 422 g/mol. The third kappa shape index (κ3) is 6.55. The van der Waals surface area contributed by atoms with Crippen molar-refractivity contribution in [1.29, 1.82) is 0 Å². The van der Waals surface area contributed by atoms with E-state index in [0.717, 1.165) is 16.5 Å². The number of pyridine rings is 1. The molecule has 0 fully saturated rings. The molecule has 3 amide bonds. The van der Waals surface area contributed by atoms with E-state index in [2.05, 4.69) is 20.7 Å². The highest BCUT2D eigenvalue weighted by Gasteiger charge is 2.23. The summed E-state index contributed by atoms with van der Waals surface area (Å²) in [5, 5.41) is 4.89. The standard InChI is InChI=1S/C24H29N5O4/c1-5-12-29(23(32)33-24(2,3)4)28-21(30)17-8-6-16(7-9-17)14-26-22(31)20-13-18-15-25-11-10-19(18)27-20/h6-11,13,15,27H,5,12,14H2,1-4H3,(H,26,31)(H,28,30). The van der Waals surface area contributed by atoms with Crippen molar-refractivity contribution in [2.24, 2.45) is 0 Å². The molecule has 3 rings (SSSR count). The van der Waals surface area contributed by atoms with Crippen LogP contribution in [0.1, 0.15) is 60.5 Å². The zero-order chi connectivity index (χ0) is 24.0. The highest BCUT2D eigenvalue weighted by atomic mass is 16.6. The molecule has 3 N–H and O–H groups in total. The van der Waals surface area contributed by atoms with E-state index in [1.807, 2.05) is 6.92 Å². The molecular formula is C24H29N5O4. The van der Waals surface area contributed by atoms with Crippen LogP contribution in [0.5, 0.6) is 0 Å². The molecule has 3 aromatic rings. The number of nitrogens with zero attached hydrogens (tertiary/aromatic N) is 2. The van der Waals surface area contributed by atoms with Gasteiger partial charge in [0.25, 0.3) is 11.8 Å². The van der Waals surface area contributed by atoms with Crippen molar-refractivity contribution in [2.45, 2.75) is 46.3 Å². The van der Waals surface area contributed by atoms with Crippen LogP contribution in [0.2, 0.25) is 0 Å². The Morgan fingerprint density at radius 1 is 1.09 bits per heavy atom. The highest BCUT2D eigenvalue weighted by molar-refractivity contribution is 5.98. The smallest absolute Gasteiger partial charge is 0.429 e. The van der Waals surface area contributed by atoms with Crippen LogP contribution in [-0.2, 0) is 11.3 Å². The molecule has 0 saturated heterocycles. The van der Waals surface area contributed by atoms with Crippen molar-refractivity contribution in [2.75, 3.05) is 6.54 Å². The van der Waals surface area contributed by atoms with Crippen LogP contribution in [0.3, 0.4) is 0 Å². The fourth-order valence-corrected chi connectivity index (χ4v) is 3.07. The van der Waals surface area contributed by atoms with Crippen molar-refractivity contribution in [1.82, 2.24) is 25.7 Å². The van der Waals surface area contributed by atoms with Gasteiger partial charge < -0.3 is 15.0 Å². The van der Waals surface area contributed by atoms with Gasteiger partial charge in [0.2, 0.25) is 0 Å². The number of aromatic nitrogens is 2. The Hall–Kier alpha value is -3.88. The number of carbonyl (C=O) groups excluding carboxylic acids is 3. The second-order valence-corrected chi connectivity index (χ2v) is 8.60. The van der Waals surface area contributed by atoms with Crippen LogP contribution in [0.25, 0.3) is 10.9 Å². The highest BCUT2D eigenvalue weighted by Crippen LogP contribution is 2.14. The molecule has 9 heteroatoms. The summed E-state index contributed by atoms with van der Waals surface area (Å²) < 4.78 is 5.34. The Morgan fingerprint density at radius 3 is 2.45 bits per heavy atom. The zero-order valence-electron chi connectivity index (χ0n) is 19.3. The van der Waals surface area contributed by atoms with Gasteiger partial charge in [0.1, 0.15) is 11.3 Å². The zero-order valence-corrected chi connectivity index (χ0v) is 19.3. The molecule has 0 radical (unpaired) electrons. The lowest BCUT2D eigenvalue weighted by Gasteiger charge is -2.27. The molecule has 174 valence electrons. The molecule has 0 aliphatic carbocycles. The number of hydrogen-bond donors (Lipinski definition) is 3. The first-order chi connectivity index (χ1) is 15.7. The minimum Gasteiger partial charge on any atom is -0.442 e. The Bertz CT molecular complexity index is 1100. The summed E-state index contributed by atoms with van der Waals surface area (Å²) in [6, 6.07) is 10.3. The summed E-state index contributed by atoms with van der Waals surface area (Å²) in [6.07, 6.45) is 3.40. The molecule has 0 unspecified atom stereocenters. The number of fused-ring (bicyclic) bond motifs is 1. The van der Waals surface area contributed by atoms with E-state index >= 15 is 0 Å². The number of nitrogens with one attached hydrogen (secondary N) is 3. The number of amides is 3. The van der Waals surface area contributed by atoms with E-state index in [0.29, 0.717) is 30.8 Å². The average Bonchev–Trinajstić information content (AvgIpc) is 3.21. The fourth-order valence-electron chi connectivity index (χ4n) is 3.07. The van der Waals surface area contributed by atoms with Crippen molar-refractivity contribution in [3.8, 4) is 0 Å².